The lowest BCUT2D eigenvalue weighted by molar-refractivity contribution is -0.124. The van der Waals surface area contributed by atoms with E-state index in [0.29, 0.717) is 6.61 Å². The summed E-state index contributed by atoms with van der Waals surface area (Å²) < 4.78 is 10.9. The van der Waals surface area contributed by atoms with Crippen molar-refractivity contribution in [2.24, 2.45) is 0 Å². The van der Waals surface area contributed by atoms with Crippen molar-refractivity contribution in [1.29, 1.82) is 0 Å². The number of aromatic hydroxyl groups is 1. The Hall–Kier alpha value is -2.39. The van der Waals surface area contributed by atoms with Gasteiger partial charge in [-0.15, -0.1) is 0 Å². The van der Waals surface area contributed by atoms with E-state index in [1.807, 2.05) is 0 Å². The lowest BCUT2D eigenvalue weighted by atomic mass is 10.1. The van der Waals surface area contributed by atoms with Crippen LogP contribution in [0.15, 0.2) is 12.1 Å². The van der Waals surface area contributed by atoms with Gasteiger partial charge in [0.1, 0.15) is 12.8 Å². The topological polar surface area (TPSA) is 96.4 Å². The standard InChI is InChI=1S/C19H26N2O6Si/c1-26-17-8-13-14(9-16(17)23)21(11-27-5-6-28(2,3)4)19(25)15-7-12(22)10-20(15)18(13)24/h8-9,15,23H,5-7,10-11H2,1-4H3/t15-/m0/s1. The van der Waals surface area contributed by atoms with Crippen molar-refractivity contribution in [3.63, 3.8) is 0 Å². The van der Waals surface area contributed by atoms with Crippen LogP contribution in [0, 0.1) is 0 Å². The van der Waals surface area contributed by atoms with Gasteiger partial charge < -0.3 is 19.5 Å². The first-order chi connectivity index (χ1) is 13.1. The smallest absolute Gasteiger partial charge is 0.257 e. The summed E-state index contributed by atoms with van der Waals surface area (Å²) in [5.41, 5.74) is 0.470. The Morgan fingerprint density at radius 3 is 2.57 bits per heavy atom. The van der Waals surface area contributed by atoms with Crippen LogP contribution in [0.2, 0.25) is 25.7 Å². The third-order valence-corrected chi connectivity index (χ3v) is 6.70. The second kappa shape index (κ2) is 7.55. The molecule has 1 aromatic rings. The molecule has 0 saturated carbocycles. The monoisotopic (exact) mass is 406 g/mol. The predicted molar refractivity (Wildman–Crippen MR) is 106 cm³/mol. The minimum Gasteiger partial charge on any atom is -0.504 e. The quantitative estimate of drug-likeness (QED) is 0.572. The van der Waals surface area contributed by atoms with E-state index in [-0.39, 0.29) is 54.1 Å². The van der Waals surface area contributed by atoms with Gasteiger partial charge in [-0.05, 0) is 12.1 Å². The third kappa shape index (κ3) is 3.90. The van der Waals surface area contributed by atoms with Crippen molar-refractivity contribution in [2.75, 3.05) is 31.9 Å². The van der Waals surface area contributed by atoms with Crippen LogP contribution >= 0.6 is 0 Å². The van der Waals surface area contributed by atoms with Gasteiger partial charge in [0.25, 0.3) is 11.8 Å². The molecule has 152 valence electrons. The van der Waals surface area contributed by atoms with E-state index in [9.17, 15) is 19.5 Å². The van der Waals surface area contributed by atoms with E-state index in [1.54, 1.807) is 0 Å². The minimum absolute atomic E-state index is 0.00686. The van der Waals surface area contributed by atoms with E-state index in [0.717, 1.165) is 6.04 Å². The molecule has 2 aliphatic rings. The van der Waals surface area contributed by atoms with Crippen molar-refractivity contribution in [3.8, 4) is 11.5 Å². The third-order valence-electron chi connectivity index (χ3n) is 4.99. The van der Waals surface area contributed by atoms with Crippen LogP contribution < -0.4 is 9.64 Å². The van der Waals surface area contributed by atoms with Gasteiger partial charge in [0.15, 0.2) is 17.3 Å². The molecule has 8 nitrogen and oxygen atoms in total. The molecule has 2 aliphatic heterocycles. The summed E-state index contributed by atoms with van der Waals surface area (Å²) >= 11 is 0. The van der Waals surface area contributed by atoms with Crippen molar-refractivity contribution in [2.45, 2.75) is 38.1 Å². The molecule has 1 fully saturated rings. The second-order valence-electron chi connectivity index (χ2n) is 8.35. The minimum atomic E-state index is -1.30. The summed E-state index contributed by atoms with van der Waals surface area (Å²) in [5.74, 6) is -1.01. The number of methoxy groups -OCH3 is 1. The molecule has 0 aromatic heterocycles. The highest BCUT2D eigenvalue weighted by Crippen LogP contribution is 2.38. The van der Waals surface area contributed by atoms with Crippen LogP contribution in [0.1, 0.15) is 16.8 Å². The lowest BCUT2D eigenvalue weighted by Gasteiger charge is -2.26. The average molecular weight is 407 g/mol. The Morgan fingerprint density at radius 2 is 1.93 bits per heavy atom. The number of ketones is 1. The first-order valence-corrected chi connectivity index (χ1v) is 13.0. The number of hydrogen-bond donors (Lipinski definition) is 1. The zero-order chi connectivity index (χ0) is 20.6. The van der Waals surface area contributed by atoms with Crippen LogP contribution in [0.4, 0.5) is 5.69 Å². The molecule has 0 unspecified atom stereocenters. The molecular formula is C19H26N2O6Si. The largest absolute Gasteiger partial charge is 0.504 e. The van der Waals surface area contributed by atoms with E-state index in [1.165, 1.54) is 29.0 Å². The molecule has 28 heavy (non-hydrogen) atoms. The summed E-state index contributed by atoms with van der Waals surface area (Å²) in [7, 11) is 0.0848. The zero-order valence-electron chi connectivity index (χ0n) is 16.7. The van der Waals surface area contributed by atoms with Crippen LogP contribution in [-0.4, -0.2) is 68.7 Å². The van der Waals surface area contributed by atoms with Gasteiger partial charge in [-0.1, -0.05) is 19.6 Å². The number of nitrogens with zero attached hydrogens (tertiary/aromatic N) is 2. The summed E-state index contributed by atoms with van der Waals surface area (Å²) in [6, 6.07) is 2.83. The maximum absolute atomic E-state index is 13.1. The molecule has 1 N–H and O–H groups in total. The normalized spacial score (nSPS) is 19.6. The van der Waals surface area contributed by atoms with Gasteiger partial charge in [-0.2, -0.15) is 0 Å². The molecule has 1 aromatic carbocycles. The number of hydrogen-bond acceptors (Lipinski definition) is 6. The van der Waals surface area contributed by atoms with Gasteiger partial charge in [0, 0.05) is 27.2 Å². The molecule has 0 radical (unpaired) electrons. The number of phenols is 1. The van der Waals surface area contributed by atoms with Crippen LogP contribution in [0.25, 0.3) is 0 Å². The van der Waals surface area contributed by atoms with Gasteiger partial charge >= 0.3 is 0 Å². The Balaban J connectivity index is 1.96. The molecule has 1 saturated heterocycles. The number of benzene rings is 1. The summed E-state index contributed by atoms with van der Waals surface area (Å²) in [6.07, 6.45) is -0.00686. The molecular weight excluding hydrogens is 380 g/mol. The SMILES string of the molecule is COc1cc2c(cc1O)N(COCC[Si](C)(C)C)C(=O)[C@@H]1CC(=O)CN1C2=O. The summed E-state index contributed by atoms with van der Waals surface area (Å²) in [6.45, 7) is 7.05. The highest BCUT2D eigenvalue weighted by atomic mass is 28.3. The highest BCUT2D eigenvalue weighted by Gasteiger charge is 2.45. The molecule has 0 bridgehead atoms. The van der Waals surface area contributed by atoms with E-state index in [4.69, 9.17) is 9.47 Å². The van der Waals surface area contributed by atoms with Gasteiger partial charge in [0.2, 0.25) is 0 Å². The van der Waals surface area contributed by atoms with Crippen molar-refractivity contribution in [3.05, 3.63) is 17.7 Å². The fourth-order valence-corrected chi connectivity index (χ4v) is 4.12. The van der Waals surface area contributed by atoms with Gasteiger partial charge in [0.05, 0.1) is 24.9 Å². The summed E-state index contributed by atoms with van der Waals surface area (Å²) in [5, 5.41) is 10.2. The van der Waals surface area contributed by atoms with E-state index in [2.05, 4.69) is 19.6 Å². The van der Waals surface area contributed by atoms with Crippen molar-refractivity contribution in [1.82, 2.24) is 4.90 Å². The van der Waals surface area contributed by atoms with Crippen LogP contribution in [0.3, 0.4) is 0 Å². The lowest BCUT2D eigenvalue weighted by Crippen LogP contribution is -2.45. The molecule has 0 spiro atoms. The summed E-state index contributed by atoms with van der Waals surface area (Å²) in [4.78, 5) is 40.7. The predicted octanol–water partition coefficient (Wildman–Crippen LogP) is 1.84. The first kappa shape index (κ1) is 20.3. The highest BCUT2D eigenvalue weighted by molar-refractivity contribution is 6.76. The van der Waals surface area contributed by atoms with Gasteiger partial charge in [-0.25, -0.2) is 0 Å². The van der Waals surface area contributed by atoms with Crippen LogP contribution in [-0.2, 0) is 14.3 Å². The molecule has 1 atom stereocenters. The van der Waals surface area contributed by atoms with E-state index >= 15 is 0 Å². The molecule has 2 heterocycles. The number of fused-ring (bicyclic) bond motifs is 2. The number of carbonyl (C=O) groups is 3. The Labute approximate surface area is 165 Å². The fourth-order valence-electron chi connectivity index (χ4n) is 3.36. The van der Waals surface area contributed by atoms with Crippen molar-refractivity contribution < 1.29 is 29.0 Å². The molecule has 0 aliphatic carbocycles. The maximum Gasteiger partial charge on any atom is 0.257 e. The maximum atomic E-state index is 13.1. The Bertz CT molecular complexity index is 819. The van der Waals surface area contributed by atoms with Crippen molar-refractivity contribution >= 4 is 31.4 Å². The molecule has 9 heteroatoms. The van der Waals surface area contributed by atoms with E-state index < -0.39 is 20.0 Å². The second-order valence-corrected chi connectivity index (χ2v) is 14.0. The van der Waals surface area contributed by atoms with Crippen LogP contribution in [0.5, 0.6) is 11.5 Å². The Kier molecular flexibility index (Phi) is 5.49. The number of carbonyl (C=O) groups excluding carboxylic acids is 3. The Morgan fingerprint density at radius 1 is 1.21 bits per heavy atom. The zero-order valence-corrected chi connectivity index (χ0v) is 17.7. The fraction of sp³-hybridized carbons (Fsp3) is 0.526. The number of amides is 2. The molecule has 3 rings (SSSR count). The number of phenolic OH excluding ortho intramolecular Hbond substituents is 1. The number of anilines is 1. The number of ether oxygens (including phenoxy) is 2. The first-order valence-electron chi connectivity index (χ1n) is 9.25. The molecule has 2 amide bonds. The number of Topliss-reactive ketones (excluding diaryl/α,β-unsaturated/α-hetero) is 1. The van der Waals surface area contributed by atoms with Gasteiger partial charge in [-0.3, -0.25) is 19.3 Å². The number of rotatable bonds is 6. The average Bonchev–Trinajstić information content (AvgIpc) is 2.98.